The molecule has 0 saturated heterocycles. The molecule has 2 N–H and O–H groups in total. The zero-order valence-electron chi connectivity index (χ0n) is 7.21. The van der Waals surface area contributed by atoms with Gasteiger partial charge in [-0.05, 0) is 12.1 Å². The molecule has 1 rings (SSSR count). The van der Waals surface area contributed by atoms with E-state index in [1.165, 1.54) is 18.2 Å². The third kappa shape index (κ3) is 3.12. The molecule has 0 radical (unpaired) electrons. The second-order valence-electron chi connectivity index (χ2n) is 3.04. The normalized spacial score (nSPS) is 11.4. The van der Waals surface area contributed by atoms with Crippen LogP contribution in [0.15, 0.2) is 18.2 Å². The van der Waals surface area contributed by atoms with Crippen LogP contribution in [0.1, 0.15) is 15.9 Å². The summed E-state index contributed by atoms with van der Waals surface area (Å²) in [5.41, 5.74) is 5.70. The molecular weight excluding hydrogens is 194 g/mol. The number of hydrogen-bond acceptors (Lipinski definition) is 2. The zero-order valence-corrected chi connectivity index (χ0v) is 7.21. The molecule has 0 aliphatic carbocycles. The van der Waals surface area contributed by atoms with E-state index in [0.29, 0.717) is 6.29 Å². The molecule has 1 aromatic rings. The monoisotopic (exact) mass is 202 g/mol. The summed E-state index contributed by atoms with van der Waals surface area (Å²) < 4.78 is 36.1. The Labute approximate surface area is 79.0 Å². The van der Waals surface area contributed by atoms with Crippen molar-refractivity contribution in [2.45, 2.75) is 6.32 Å². The van der Waals surface area contributed by atoms with E-state index >= 15 is 0 Å². The molecule has 0 saturated carbocycles. The SMILES string of the molecule is Nc1cc(C=O)cc(C[B-](F)(F)F)c1. The summed E-state index contributed by atoms with van der Waals surface area (Å²) in [5.74, 6) is 0. The third-order valence-electron chi connectivity index (χ3n) is 1.64. The quantitative estimate of drug-likeness (QED) is 0.462. The lowest BCUT2D eigenvalue weighted by molar-refractivity contribution is 0.112. The molecule has 0 amide bonds. The van der Waals surface area contributed by atoms with Crippen molar-refractivity contribution in [2.24, 2.45) is 0 Å². The number of nitrogens with two attached hydrogens (primary N) is 1. The van der Waals surface area contributed by atoms with E-state index in [1.54, 1.807) is 0 Å². The van der Waals surface area contributed by atoms with Crippen molar-refractivity contribution in [3.05, 3.63) is 29.3 Å². The summed E-state index contributed by atoms with van der Waals surface area (Å²) in [5, 5.41) is 0. The van der Waals surface area contributed by atoms with Gasteiger partial charge in [-0.25, -0.2) is 0 Å². The number of nitrogen functional groups attached to an aromatic ring is 1. The first kappa shape index (κ1) is 10.6. The van der Waals surface area contributed by atoms with Crippen LogP contribution >= 0.6 is 0 Å². The van der Waals surface area contributed by atoms with Gasteiger partial charge in [-0.15, -0.1) is 0 Å². The van der Waals surface area contributed by atoms with Crippen LogP contribution < -0.4 is 5.73 Å². The maximum atomic E-state index is 12.0. The van der Waals surface area contributed by atoms with Gasteiger partial charge in [0.1, 0.15) is 6.29 Å². The second kappa shape index (κ2) is 3.73. The fraction of sp³-hybridized carbons (Fsp3) is 0.125. The molecule has 0 heterocycles. The first-order chi connectivity index (χ1) is 6.40. The van der Waals surface area contributed by atoms with Crippen molar-refractivity contribution in [1.29, 1.82) is 0 Å². The molecular formula is C8H8BF3NO-. The molecule has 0 spiro atoms. The van der Waals surface area contributed by atoms with Crippen LogP contribution in [0.4, 0.5) is 18.6 Å². The van der Waals surface area contributed by atoms with Gasteiger partial charge in [-0.2, -0.15) is 0 Å². The Balaban J connectivity index is 2.98. The van der Waals surface area contributed by atoms with Crippen LogP contribution in [0.5, 0.6) is 0 Å². The fourth-order valence-corrected chi connectivity index (χ4v) is 1.20. The first-order valence-electron chi connectivity index (χ1n) is 3.96. The molecule has 0 unspecified atom stereocenters. The van der Waals surface area contributed by atoms with Crippen molar-refractivity contribution in [3.8, 4) is 0 Å². The number of carbonyl (C=O) groups excluding carboxylic acids is 1. The Kier molecular flexibility index (Phi) is 2.83. The van der Waals surface area contributed by atoms with Crippen LogP contribution in [0.2, 0.25) is 0 Å². The smallest absolute Gasteiger partial charge is 0.449 e. The summed E-state index contributed by atoms with van der Waals surface area (Å²) >= 11 is 0. The molecule has 0 aliphatic rings. The average Bonchev–Trinajstić information content (AvgIpc) is 1.99. The van der Waals surface area contributed by atoms with Gasteiger partial charge in [0.2, 0.25) is 0 Å². The minimum absolute atomic E-state index is 0.0274. The summed E-state index contributed by atoms with van der Waals surface area (Å²) in [7, 11) is 0. The molecule has 1 aromatic carbocycles. The Morgan fingerprint density at radius 3 is 2.43 bits per heavy atom. The van der Waals surface area contributed by atoms with E-state index in [4.69, 9.17) is 5.73 Å². The lowest BCUT2D eigenvalue weighted by Crippen LogP contribution is -2.19. The van der Waals surface area contributed by atoms with Crippen molar-refractivity contribution in [2.75, 3.05) is 5.73 Å². The molecule has 76 valence electrons. The van der Waals surface area contributed by atoms with E-state index in [1.807, 2.05) is 0 Å². The Morgan fingerprint density at radius 1 is 1.29 bits per heavy atom. The molecule has 0 aromatic heterocycles. The number of hydrogen-bond donors (Lipinski definition) is 1. The van der Waals surface area contributed by atoms with E-state index in [-0.39, 0.29) is 16.8 Å². The molecule has 14 heavy (non-hydrogen) atoms. The predicted molar refractivity (Wildman–Crippen MR) is 49.0 cm³/mol. The molecule has 0 aliphatic heterocycles. The van der Waals surface area contributed by atoms with Crippen LogP contribution in [-0.4, -0.2) is 13.3 Å². The van der Waals surface area contributed by atoms with E-state index in [2.05, 4.69) is 0 Å². The van der Waals surface area contributed by atoms with Crippen molar-refractivity contribution >= 4 is 19.0 Å². The second-order valence-corrected chi connectivity index (χ2v) is 3.04. The average molecular weight is 202 g/mol. The van der Waals surface area contributed by atoms with Crippen molar-refractivity contribution in [3.63, 3.8) is 0 Å². The van der Waals surface area contributed by atoms with Gasteiger partial charge in [0, 0.05) is 11.3 Å². The highest BCUT2D eigenvalue weighted by Gasteiger charge is 2.23. The topological polar surface area (TPSA) is 43.1 Å². The van der Waals surface area contributed by atoms with Crippen molar-refractivity contribution in [1.82, 2.24) is 0 Å². The van der Waals surface area contributed by atoms with Gasteiger partial charge in [0.05, 0.1) is 0 Å². The lowest BCUT2D eigenvalue weighted by atomic mass is 9.81. The molecule has 0 bridgehead atoms. The lowest BCUT2D eigenvalue weighted by Gasteiger charge is -2.13. The van der Waals surface area contributed by atoms with E-state index < -0.39 is 13.3 Å². The predicted octanol–water partition coefficient (Wildman–Crippen LogP) is 2.01. The van der Waals surface area contributed by atoms with Crippen LogP contribution in [0, 0.1) is 0 Å². The number of carbonyl (C=O) groups is 1. The Hall–Kier alpha value is -1.46. The third-order valence-corrected chi connectivity index (χ3v) is 1.64. The van der Waals surface area contributed by atoms with Gasteiger partial charge in [-0.3, -0.25) is 4.79 Å². The molecule has 0 atom stereocenters. The van der Waals surface area contributed by atoms with Gasteiger partial charge in [-0.1, -0.05) is 17.9 Å². The largest absolute Gasteiger partial charge is 0.482 e. The number of rotatable bonds is 3. The summed E-state index contributed by atoms with van der Waals surface area (Å²) in [6.45, 7) is -4.89. The Bertz CT molecular complexity index is 351. The minimum Gasteiger partial charge on any atom is -0.449 e. The number of anilines is 1. The minimum atomic E-state index is -4.89. The van der Waals surface area contributed by atoms with Gasteiger partial charge in [0.25, 0.3) is 0 Å². The number of benzene rings is 1. The van der Waals surface area contributed by atoms with Crippen LogP contribution in [0.25, 0.3) is 0 Å². The highest BCUT2D eigenvalue weighted by atomic mass is 19.4. The molecule has 0 fully saturated rings. The summed E-state index contributed by atoms with van der Waals surface area (Å²) in [4.78, 5) is 10.3. The Morgan fingerprint density at radius 2 is 1.93 bits per heavy atom. The van der Waals surface area contributed by atoms with Crippen LogP contribution in [0.3, 0.4) is 0 Å². The summed E-state index contributed by atoms with van der Waals surface area (Å²) in [6, 6.07) is 3.75. The zero-order chi connectivity index (χ0) is 10.8. The van der Waals surface area contributed by atoms with Gasteiger partial charge >= 0.3 is 6.98 Å². The number of aldehydes is 1. The standard InChI is InChI=1S/C8H8BF3NO/c10-9(11,12)4-6-1-7(5-14)3-8(13)2-6/h1-3,5H,4,13H2/q-1. The fourth-order valence-electron chi connectivity index (χ4n) is 1.20. The van der Waals surface area contributed by atoms with Crippen molar-refractivity contribution < 1.29 is 17.7 Å². The summed E-state index contributed by atoms with van der Waals surface area (Å²) in [6.07, 6.45) is -0.533. The molecule has 2 nitrogen and oxygen atoms in total. The van der Waals surface area contributed by atoms with E-state index in [0.717, 1.165) is 0 Å². The first-order valence-corrected chi connectivity index (χ1v) is 3.96. The maximum absolute atomic E-state index is 12.0. The van der Waals surface area contributed by atoms with Gasteiger partial charge in [0.15, 0.2) is 0 Å². The van der Waals surface area contributed by atoms with Crippen LogP contribution in [-0.2, 0) is 6.32 Å². The highest BCUT2D eigenvalue weighted by Crippen LogP contribution is 2.19. The van der Waals surface area contributed by atoms with E-state index in [9.17, 15) is 17.7 Å². The highest BCUT2D eigenvalue weighted by molar-refractivity contribution is 6.57. The maximum Gasteiger partial charge on any atom is 0.482 e. The number of halogens is 3. The van der Waals surface area contributed by atoms with Gasteiger partial charge < -0.3 is 18.7 Å². The molecule has 6 heteroatoms.